The molecule has 0 fully saturated rings. The van der Waals surface area contributed by atoms with E-state index in [4.69, 9.17) is 4.74 Å². The molecule has 0 bridgehead atoms. The molecule has 1 amide bonds. The highest BCUT2D eigenvalue weighted by molar-refractivity contribution is 6.11. The first kappa shape index (κ1) is 19.9. The van der Waals surface area contributed by atoms with Gasteiger partial charge < -0.3 is 9.84 Å². The first-order valence-corrected chi connectivity index (χ1v) is 8.14. The lowest BCUT2D eigenvalue weighted by Gasteiger charge is -2.30. The molecule has 0 aromatic heterocycles. The van der Waals surface area contributed by atoms with Gasteiger partial charge >= 0.3 is 5.97 Å². The summed E-state index contributed by atoms with van der Waals surface area (Å²) in [5.41, 5.74) is 1.31. The van der Waals surface area contributed by atoms with Crippen LogP contribution in [0.3, 0.4) is 0 Å². The van der Waals surface area contributed by atoms with Crippen molar-refractivity contribution in [1.29, 1.82) is 0 Å². The van der Waals surface area contributed by atoms with Gasteiger partial charge in [0.2, 0.25) is 0 Å². The van der Waals surface area contributed by atoms with Gasteiger partial charge in [-0.25, -0.2) is 4.79 Å². The number of methoxy groups -OCH3 is 1. The number of esters is 1. The molecule has 0 spiro atoms. The summed E-state index contributed by atoms with van der Waals surface area (Å²) in [5.74, 6) is -1.82. The molecule has 0 aliphatic rings. The zero-order valence-electron chi connectivity index (χ0n) is 15.4. The van der Waals surface area contributed by atoms with Gasteiger partial charge in [0, 0.05) is 12.1 Å². The van der Waals surface area contributed by atoms with Crippen LogP contribution in [0.1, 0.15) is 28.4 Å². The van der Waals surface area contributed by atoms with Crippen molar-refractivity contribution in [3.8, 4) is 5.75 Å². The van der Waals surface area contributed by atoms with Crippen molar-refractivity contribution in [1.82, 2.24) is 0 Å². The maximum Gasteiger partial charge on any atom is 0.328 e. The second-order valence-electron chi connectivity index (χ2n) is 6.07. The third-order valence-electron chi connectivity index (χ3n) is 4.25. The molecule has 2 aromatic rings. The number of non-ortho nitro benzene ring substituents is 1. The van der Waals surface area contributed by atoms with Gasteiger partial charge in [-0.1, -0.05) is 18.2 Å². The Balaban J connectivity index is 2.68. The lowest BCUT2D eigenvalue weighted by molar-refractivity contribution is -0.384. The third-order valence-corrected chi connectivity index (χ3v) is 4.25. The molecule has 0 aliphatic heterocycles. The molecule has 0 heterocycles. The number of phenols is 1. The Hall–Kier alpha value is -3.42. The Morgan fingerprint density at radius 1 is 1.19 bits per heavy atom. The summed E-state index contributed by atoms with van der Waals surface area (Å²) < 4.78 is 4.77. The summed E-state index contributed by atoms with van der Waals surface area (Å²) in [5, 5.41) is 21.2. The van der Waals surface area contributed by atoms with E-state index >= 15 is 0 Å². The first-order valence-electron chi connectivity index (χ1n) is 8.14. The highest BCUT2D eigenvalue weighted by Gasteiger charge is 2.33. The smallest absolute Gasteiger partial charge is 0.328 e. The van der Waals surface area contributed by atoms with E-state index in [9.17, 15) is 24.8 Å². The van der Waals surface area contributed by atoms with E-state index in [-0.39, 0.29) is 11.3 Å². The number of ether oxygens (including phenoxy) is 1. The fraction of sp³-hybridized carbons (Fsp3) is 0.263. The summed E-state index contributed by atoms with van der Waals surface area (Å²) in [6.07, 6.45) is 0. The number of para-hydroxylation sites is 1. The number of hydrogen-bond acceptors (Lipinski definition) is 6. The Bertz CT molecular complexity index is 889. The van der Waals surface area contributed by atoms with E-state index in [2.05, 4.69) is 0 Å². The SMILES string of the molecule is COC(=O)[C@H](C)N(C(=O)c1cc([N+](=O)[O-])ccc1O)c1c(C)cccc1C. The monoisotopic (exact) mass is 372 g/mol. The lowest BCUT2D eigenvalue weighted by atomic mass is 10.0. The van der Waals surface area contributed by atoms with Gasteiger partial charge in [0.15, 0.2) is 0 Å². The minimum absolute atomic E-state index is 0.275. The number of carbonyl (C=O) groups excluding carboxylic acids is 2. The average Bonchev–Trinajstić information content (AvgIpc) is 2.63. The number of carbonyl (C=O) groups is 2. The Labute approximate surface area is 156 Å². The minimum atomic E-state index is -1.01. The van der Waals surface area contributed by atoms with Gasteiger partial charge in [-0.15, -0.1) is 0 Å². The van der Waals surface area contributed by atoms with Gasteiger partial charge in [0.25, 0.3) is 11.6 Å². The first-order chi connectivity index (χ1) is 12.7. The Kier molecular flexibility index (Phi) is 5.79. The van der Waals surface area contributed by atoms with E-state index in [0.29, 0.717) is 5.69 Å². The number of anilines is 1. The van der Waals surface area contributed by atoms with Crippen molar-refractivity contribution in [3.05, 3.63) is 63.2 Å². The van der Waals surface area contributed by atoms with E-state index in [1.807, 2.05) is 6.07 Å². The van der Waals surface area contributed by atoms with E-state index in [1.165, 1.54) is 18.9 Å². The van der Waals surface area contributed by atoms with E-state index in [1.54, 1.807) is 26.0 Å². The van der Waals surface area contributed by atoms with Crippen molar-refractivity contribution in [2.75, 3.05) is 12.0 Å². The van der Waals surface area contributed by atoms with Crippen molar-refractivity contribution in [2.24, 2.45) is 0 Å². The van der Waals surface area contributed by atoms with Gasteiger partial charge in [0.05, 0.1) is 23.3 Å². The second-order valence-corrected chi connectivity index (χ2v) is 6.07. The van der Waals surface area contributed by atoms with Crippen LogP contribution in [-0.2, 0) is 9.53 Å². The summed E-state index contributed by atoms with van der Waals surface area (Å²) in [7, 11) is 1.21. The highest BCUT2D eigenvalue weighted by atomic mass is 16.6. The number of amides is 1. The van der Waals surface area contributed by atoms with Crippen molar-refractivity contribution >= 4 is 23.3 Å². The molecule has 0 saturated carbocycles. The molecule has 0 unspecified atom stereocenters. The van der Waals surface area contributed by atoms with Crippen LogP contribution < -0.4 is 4.90 Å². The van der Waals surface area contributed by atoms with Crippen LogP contribution in [0.25, 0.3) is 0 Å². The number of nitrogens with zero attached hydrogens (tertiary/aromatic N) is 2. The quantitative estimate of drug-likeness (QED) is 0.490. The maximum atomic E-state index is 13.2. The summed E-state index contributed by atoms with van der Waals surface area (Å²) in [4.78, 5) is 37.0. The Morgan fingerprint density at radius 3 is 2.30 bits per heavy atom. The van der Waals surface area contributed by atoms with Gasteiger partial charge in [-0.2, -0.15) is 0 Å². The van der Waals surface area contributed by atoms with Crippen LogP contribution in [-0.4, -0.2) is 35.1 Å². The van der Waals surface area contributed by atoms with Crippen molar-refractivity contribution in [2.45, 2.75) is 26.8 Å². The number of rotatable bonds is 5. The largest absolute Gasteiger partial charge is 0.507 e. The fourth-order valence-corrected chi connectivity index (χ4v) is 2.87. The second kappa shape index (κ2) is 7.86. The molecular formula is C19H20N2O6. The van der Waals surface area contributed by atoms with Crippen molar-refractivity contribution < 1.29 is 24.4 Å². The number of aromatic hydroxyl groups is 1. The van der Waals surface area contributed by atoms with Crippen LogP contribution >= 0.6 is 0 Å². The summed E-state index contributed by atoms with van der Waals surface area (Å²) >= 11 is 0. The molecule has 0 saturated heterocycles. The molecule has 8 heteroatoms. The topological polar surface area (TPSA) is 110 Å². The summed E-state index contributed by atoms with van der Waals surface area (Å²) in [6, 6.07) is 7.52. The predicted octanol–water partition coefficient (Wildman–Crippen LogP) is 3.13. The van der Waals surface area contributed by atoms with Crippen LogP contribution in [0, 0.1) is 24.0 Å². The number of benzene rings is 2. The van der Waals surface area contributed by atoms with Gasteiger partial charge in [-0.3, -0.25) is 19.8 Å². The van der Waals surface area contributed by atoms with Crippen LogP contribution in [0.15, 0.2) is 36.4 Å². The zero-order chi connectivity index (χ0) is 20.3. The fourth-order valence-electron chi connectivity index (χ4n) is 2.87. The molecule has 0 radical (unpaired) electrons. The number of phenolic OH excluding ortho intramolecular Hbond substituents is 1. The van der Waals surface area contributed by atoms with E-state index in [0.717, 1.165) is 29.3 Å². The molecule has 2 aromatic carbocycles. The standard InChI is InChI=1S/C19H20N2O6/c1-11-6-5-7-12(2)17(11)20(13(3)19(24)27-4)18(23)15-10-14(21(25)26)8-9-16(15)22/h5-10,13,22H,1-4H3/t13-/m0/s1. The molecule has 142 valence electrons. The van der Waals surface area contributed by atoms with Crippen molar-refractivity contribution in [3.63, 3.8) is 0 Å². The number of nitro groups is 1. The van der Waals surface area contributed by atoms with Crippen LogP contribution in [0.5, 0.6) is 5.75 Å². The van der Waals surface area contributed by atoms with Crippen LogP contribution in [0.2, 0.25) is 0 Å². The average molecular weight is 372 g/mol. The molecule has 8 nitrogen and oxygen atoms in total. The molecule has 27 heavy (non-hydrogen) atoms. The Morgan fingerprint density at radius 2 is 1.78 bits per heavy atom. The van der Waals surface area contributed by atoms with Crippen LogP contribution in [0.4, 0.5) is 11.4 Å². The molecule has 1 N–H and O–H groups in total. The number of nitro benzene ring substituents is 1. The maximum absolute atomic E-state index is 13.2. The minimum Gasteiger partial charge on any atom is -0.507 e. The van der Waals surface area contributed by atoms with Gasteiger partial charge in [0.1, 0.15) is 11.8 Å². The number of hydrogen-bond donors (Lipinski definition) is 1. The zero-order valence-corrected chi connectivity index (χ0v) is 15.4. The normalized spacial score (nSPS) is 11.6. The highest BCUT2D eigenvalue weighted by Crippen LogP contribution is 2.31. The third kappa shape index (κ3) is 3.89. The molecule has 0 aliphatic carbocycles. The summed E-state index contributed by atoms with van der Waals surface area (Å²) in [6.45, 7) is 5.05. The molecule has 2 rings (SSSR count). The number of aryl methyl sites for hydroxylation is 2. The van der Waals surface area contributed by atoms with Gasteiger partial charge in [-0.05, 0) is 38.0 Å². The molecular weight excluding hydrogens is 352 g/mol. The molecule has 1 atom stereocenters. The lowest BCUT2D eigenvalue weighted by Crippen LogP contribution is -2.45. The van der Waals surface area contributed by atoms with E-state index < -0.39 is 28.6 Å². The predicted molar refractivity (Wildman–Crippen MR) is 99.0 cm³/mol.